The minimum Gasteiger partial charge on any atom is -0.380 e. The zero-order valence-electron chi connectivity index (χ0n) is 19.1. The lowest BCUT2D eigenvalue weighted by molar-refractivity contribution is 0.0643. The lowest BCUT2D eigenvalue weighted by Gasteiger charge is -2.22. The van der Waals surface area contributed by atoms with Gasteiger partial charge in [-0.05, 0) is 68.5 Å². The predicted molar refractivity (Wildman–Crippen MR) is 130 cm³/mol. The molecule has 0 radical (unpaired) electrons. The Kier molecular flexibility index (Phi) is 6.01. The van der Waals surface area contributed by atoms with E-state index in [1.807, 2.05) is 43.3 Å². The molecule has 2 aliphatic rings. The molecule has 2 fully saturated rings. The number of hydrogen-bond donors (Lipinski definition) is 0. The van der Waals surface area contributed by atoms with Crippen molar-refractivity contribution >= 4 is 28.3 Å². The summed E-state index contributed by atoms with van der Waals surface area (Å²) >= 11 is 6.14. The Balaban J connectivity index is 1.57. The van der Waals surface area contributed by atoms with E-state index in [-0.39, 0.29) is 11.9 Å². The van der Waals surface area contributed by atoms with Gasteiger partial charge in [-0.15, -0.1) is 0 Å². The topological polar surface area (TPSA) is 58.3 Å². The number of aryl methyl sites for hydroxylation is 1. The van der Waals surface area contributed by atoms with E-state index in [0.717, 1.165) is 52.7 Å². The summed E-state index contributed by atoms with van der Waals surface area (Å²) in [6.45, 7) is 2.44. The first-order valence-corrected chi connectivity index (χ1v) is 12.0. The van der Waals surface area contributed by atoms with Crippen LogP contribution in [0.1, 0.15) is 47.3 Å². The van der Waals surface area contributed by atoms with E-state index < -0.39 is 0 Å². The quantitative estimate of drug-likeness (QED) is 0.437. The molecule has 5 nitrogen and oxygen atoms in total. The second-order valence-corrected chi connectivity index (χ2v) is 9.62. The Morgan fingerprint density at radius 3 is 2.70 bits per heavy atom. The molecule has 2 unspecified atom stereocenters. The lowest BCUT2D eigenvalue weighted by Crippen LogP contribution is -2.37. The first kappa shape index (κ1) is 22.2. The predicted octanol–water partition coefficient (Wildman–Crippen LogP) is 5.48. The number of nitriles is 1. The van der Waals surface area contributed by atoms with Gasteiger partial charge in [0.05, 0.1) is 24.2 Å². The SMILES string of the molecule is CO[C@H]1CC2CCC1N2CC(=O)c1c(C)n(-c2ccc(Cl)cc2)c2cc(CCC#N)ccc12. The van der Waals surface area contributed by atoms with Crippen LogP contribution in [0.5, 0.6) is 0 Å². The van der Waals surface area contributed by atoms with E-state index in [4.69, 9.17) is 21.6 Å². The summed E-state index contributed by atoms with van der Waals surface area (Å²) in [6, 6.07) is 16.9. The number of Topliss-reactive ketones (excluding diaryl/α,β-unsaturated/α-hetero) is 1. The largest absolute Gasteiger partial charge is 0.380 e. The molecule has 0 saturated carbocycles. The summed E-state index contributed by atoms with van der Waals surface area (Å²) in [5, 5.41) is 10.7. The van der Waals surface area contributed by atoms with Crippen LogP contribution < -0.4 is 0 Å². The van der Waals surface area contributed by atoms with Crippen molar-refractivity contribution in [3.8, 4) is 11.8 Å². The van der Waals surface area contributed by atoms with Crippen molar-refractivity contribution in [1.29, 1.82) is 5.26 Å². The third-order valence-electron chi connectivity index (χ3n) is 7.41. The van der Waals surface area contributed by atoms with Gasteiger partial charge in [-0.3, -0.25) is 9.69 Å². The van der Waals surface area contributed by atoms with Crippen LogP contribution in [0.3, 0.4) is 0 Å². The van der Waals surface area contributed by atoms with Crippen molar-refractivity contribution in [2.45, 2.75) is 57.2 Å². The van der Waals surface area contributed by atoms with E-state index >= 15 is 0 Å². The fourth-order valence-electron chi connectivity index (χ4n) is 5.88. The van der Waals surface area contributed by atoms with Gasteiger partial charge >= 0.3 is 0 Å². The maximum Gasteiger partial charge on any atom is 0.179 e. The van der Waals surface area contributed by atoms with Gasteiger partial charge in [-0.1, -0.05) is 23.7 Å². The Morgan fingerprint density at radius 1 is 1.21 bits per heavy atom. The van der Waals surface area contributed by atoms with E-state index in [0.29, 0.717) is 36.5 Å². The Labute approximate surface area is 199 Å². The molecule has 5 rings (SSSR count). The number of hydrogen-bond acceptors (Lipinski definition) is 4. The zero-order chi connectivity index (χ0) is 23.1. The third-order valence-corrected chi connectivity index (χ3v) is 7.66. The molecule has 0 N–H and O–H groups in total. The molecule has 0 spiro atoms. The number of ether oxygens (including phenoxy) is 1. The van der Waals surface area contributed by atoms with Crippen molar-refractivity contribution in [3.05, 3.63) is 64.3 Å². The van der Waals surface area contributed by atoms with Crippen LogP contribution in [0, 0.1) is 18.3 Å². The molecule has 3 atom stereocenters. The van der Waals surface area contributed by atoms with Crippen molar-refractivity contribution in [2.24, 2.45) is 0 Å². The maximum atomic E-state index is 13.7. The highest BCUT2D eigenvalue weighted by Crippen LogP contribution is 2.39. The fraction of sp³-hybridized carbons (Fsp3) is 0.407. The fourth-order valence-corrected chi connectivity index (χ4v) is 6.01. The molecule has 2 bridgehead atoms. The van der Waals surface area contributed by atoms with Gasteiger partial charge in [-0.2, -0.15) is 5.26 Å². The average Bonchev–Trinajstić information content (AvgIpc) is 3.45. The van der Waals surface area contributed by atoms with E-state index in [9.17, 15) is 4.79 Å². The van der Waals surface area contributed by atoms with Crippen LogP contribution in [0.15, 0.2) is 42.5 Å². The van der Waals surface area contributed by atoms with Crippen molar-refractivity contribution in [1.82, 2.24) is 9.47 Å². The van der Waals surface area contributed by atoms with E-state index in [1.165, 1.54) is 0 Å². The van der Waals surface area contributed by atoms with Crippen molar-refractivity contribution in [2.75, 3.05) is 13.7 Å². The minimum absolute atomic E-state index is 0.156. The van der Waals surface area contributed by atoms with E-state index in [1.54, 1.807) is 7.11 Å². The standard InChI is InChI=1S/C27H28ClN3O2/c1-17-27(25(32)16-30-21-10-12-23(30)26(15-21)33-2)22-11-5-18(4-3-13-29)14-24(22)31(17)20-8-6-19(28)7-9-20/h5-9,11,14,21,23,26H,3-4,10,12,15-16H2,1-2H3/t21?,23?,26-/m0/s1. The van der Waals surface area contributed by atoms with Gasteiger partial charge in [-0.25, -0.2) is 0 Å². The van der Waals surface area contributed by atoms with Crippen LogP contribution >= 0.6 is 11.6 Å². The summed E-state index contributed by atoms with van der Waals surface area (Å²) in [7, 11) is 1.78. The van der Waals surface area contributed by atoms with Crippen molar-refractivity contribution < 1.29 is 9.53 Å². The average molecular weight is 462 g/mol. The van der Waals surface area contributed by atoms with Crippen LogP contribution in [-0.4, -0.2) is 47.1 Å². The highest BCUT2D eigenvalue weighted by molar-refractivity contribution is 6.30. The summed E-state index contributed by atoms with van der Waals surface area (Å²) < 4.78 is 7.83. The van der Waals surface area contributed by atoms with Gasteiger partial charge in [0.2, 0.25) is 0 Å². The first-order valence-electron chi connectivity index (χ1n) is 11.6. The Morgan fingerprint density at radius 2 is 2.00 bits per heavy atom. The van der Waals surface area contributed by atoms with Crippen LogP contribution in [-0.2, 0) is 11.2 Å². The first-order chi connectivity index (χ1) is 16.0. The smallest absolute Gasteiger partial charge is 0.179 e. The maximum absolute atomic E-state index is 13.7. The van der Waals surface area contributed by atoms with Gasteiger partial charge in [0.15, 0.2) is 5.78 Å². The molecule has 2 aliphatic heterocycles. The molecule has 170 valence electrons. The lowest BCUT2D eigenvalue weighted by atomic mass is 9.98. The van der Waals surface area contributed by atoms with Gasteiger partial charge < -0.3 is 9.30 Å². The second-order valence-electron chi connectivity index (χ2n) is 9.19. The molecule has 3 heterocycles. The number of carbonyl (C=O) groups excluding carboxylic acids is 1. The number of benzene rings is 2. The number of nitrogens with zero attached hydrogens (tertiary/aromatic N) is 3. The molecular weight excluding hydrogens is 434 g/mol. The van der Waals surface area contributed by atoms with Crippen molar-refractivity contribution in [3.63, 3.8) is 0 Å². The molecular formula is C27H28ClN3O2. The molecule has 33 heavy (non-hydrogen) atoms. The summed E-state index contributed by atoms with van der Waals surface area (Å²) in [5.74, 6) is 0.156. The Hall–Kier alpha value is -2.65. The van der Waals surface area contributed by atoms with Crippen LogP contribution in [0.2, 0.25) is 5.02 Å². The highest BCUT2D eigenvalue weighted by atomic mass is 35.5. The normalized spacial score (nSPS) is 22.2. The van der Waals surface area contributed by atoms with Crippen LogP contribution in [0.4, 0.5) is 0 Å². The second kappa shape index (κ2) is 8.95. The van der Waals surface area contributed by atoms with E-state index in [2.05, 4.69) is 21.6 Å². The van der Waals surface area contributed by atoms with Gasteiger partial charge in [0.25, 0.3) is 0 Å². The molecule has 0 aliphatic carbocycles. The number of methoxy groups -OCH3 is 1. The molecule has 0 amide bonds. The van der Waals surface area contributed by atoms with Gasteiger partial charge in [0.1, 0.15) is 0 Å². The summed E-state index contributed by atoms with van der Waals surface area (Å²) in [4.78, 5) is 16.1. The molecule has 3 aromatic rings. The number of fused-ring (bicyclic) bond motifs is 3. The number of rotatable bonds is 7. The number of halogens is 1. The third kappa shape index (κ3) is 3.87. The molecule has 2 saturated heterocycles. The number of aromatic nitrogens is 1. The Bertz CT molecular complexity index is 1240. The molecule has 2 aromatic carbocycles. The monoisotopic (exact) mass is 461 g/mol. The number of ketones is 1. The zero-order valence-corrected chi connectivity index (χ0v) is 19.8. The summed E-state index contributed by atoms with van der Waals surface area (Å²) in [5.41, 5.74) is 4.78. The highest BCUT2D eigenvalue weighted by Gasteiger charge is 2.47. The molecule has 6 heteroatoms. The van der Waals surface area contributed by atoms with Crippen LogP contribution in [0.25, 0.3) is 16.6 Å². The minimum atomic E-state index is 0.156. The van der Waals surface area contributed by atoms with Gasteiger partial charge in [0, 0.05) is 53.0 Å². The summed E-state index contributed by atoms with van der Waals surface area (Å²) in [6.07, 6.45) is 4.65. The molecule has 1 aromatic heterocycles. The number of carbonyl (C=O) groups is 1.